The Kier molecular flexibility index (Phi) is 3.57. The molecule has 17 heavy (non-hydrogen) atoms. The fraction of sp³-hybridized carbons (Fsp3) is 0.429. The Hall–Kier alpha value is -1.82. The topological polar surface area (TPSA) is 50.1 Å². The molecule has 0 aromatic heterocycles. The van der Waals surface area contributed by atoms with E-state index in [1.165, 1.54) is 6.92 Å². The van der Waals surface area contributed by atoms with Crippen LogP contribution in [-0.4, -0.2) is 5.97 Å². The maximum Gasteiger partial charge on any atom is 0.308 e. The van der Waals surface area contributed by atoms with E-state index in [1.807, 2.05) is 33.8 Å². The monoisotopic (exact) mass is 231 g/mol. The molecular formula is C14H17NO2. The van der Waals surface area contributed by atoms with Crippen LogP contribution in [0.3, 0.4) is 0 Å². The second kappa shape index (κ2) is 4.58. The molecule has 3 nitrogen and oxygen atoms in total. The largest absolute Gasteiger partial charge is 0.425 e. The standard InChI is InChI=1S/C14H17NO2/c1-9-6-11(8-15)13(17-10(2)16)12(7-9)14(3,4)5/h6-7H,1-5H3. The lowest BCUT2D eigenvalue weighted by molar-refractivity contribution is -0.131. The van der Waals surface area contributed by atoms with Gasteiger partial charge < -0.3 is 4.74 Å². The molecule has 0 saturated heterocycles. The lowest BCUT2D eigenvalue weighted by atomic mass is 9.84. The molecule has 1 rings (SSSR count). The summed E-state index contributed by atoms with van der Waals surface area (Å²) >= 11 is 0. The van der Waals surface area contributed by atoms with Crippen LogP contribution in [0.2, 0.25) is 0 Å². The fourth-order valence-corrected chi connectivity index (χ4v) is 1.67. The molecule has 0 N–H and O–H groups in total. The summed E-state index contributed by atoms with van der Waals surface area (Å²) in [5, 5.41) is 9.10. The Labute approximate surface area is 102 Å². The van der Waals surface area contributed by atoms with E-state index < -0.39 is 5.97 Å². The average Bonchev–Trinajstić information content (AvgIpc) is 2.17. The molecular weight excluding hydrogens is 214 g/mol. The van der Waals surface area contributed by atoms with Crippen molar-refractivity contribution in [3.63, 3.8) is 0 Å². The highest BCUT2D eigenvalue weighted by Gasteiger charge is 2.23. The molecule has 1 aromatic rings. The van der Waals surface area contributed by atoms with Gasteiger partial charge >= 0.3 is 5.97 Å². The van der Waals surface area contributed by atoms with E-state index in [9.17, 15) is 4.79 Å². The zero-order valence-electron chi connectivity index (χ0n) is 10.9. The minimum atomic E-state index is -0.407. The van der Waals surface area contributed by atoms with Crippen LogP contribution in [0.5, 0.6) is 5.75 Å². The van der Waals surface area contributed by atoms with Gasteiger partial charge in [0, 0.05) is 12.5 Å². The van der Waals surface area contributed by atoms with Crippen molar-refractivity contribution in [3.8, 4) is 11.8 Å². The van der Waals surface area contributed by atoms with Gasteiger partial charge in [0.05, 0.1) is 5.56 Å². The Bertz CT molecular complexity index is 490. The van der Waals surface area contributed by atoms with Gasteiger partial charge in [-0.15, -0.1) is 0 Å². The number of hydrogen-bond acceptors (Lipinski definition) is 3. The van der Waals surface area contributed by atoms with Gasteiger partial charge in [0.25, 0.3) is 0 Å². The molecule has 0 amide bonds. The van der Waals surface area contributed by atoms with Crippen molar-refractivity contribution >= 4 is 5.97 Å². The maximum atomic E-state index is 11.1. The van der Waals surface area contributed by atoms with Crippen molar-refractivity contribution in [2.45, 2.75) is 40.0 Å². The Morgan fingerprint density at radius 2 is 1.94 bits per heavy atom. The number of hydrogen-bond donors (Lipinski definition) is 0. The molecule has 0 aliphatic rings. The molecule has 0 aliphatic carbocycles. The molecule has 0 aliphatic heterocycles. The summed E-state index contributed by atoms with van der Waals surface area (Å²) in [5.74, 6) is -0.0195. The van der Waals surface area contributed by atoms with Gasteiger partial charge in [0.15, 0.2) is 5.75 Å². The van der Waals surface area contributed by atoms with Crippen LogP contribution in [0.15, 0.2) is 12.1 Å². The normalized spacial score (nSPS) is 10.8. The van der Waals surface area contributed by atoms with Gasteiger partial charge in [0.1, 0.15) is 6.07 Å². The number of rotatable bonds is 1. The van der Waals surface area contributed by atoms with Crippen LogP contribution < -0.4 is 4.74 Å². The molecule has 90 valence electrons. The number of nitrogens with zero attached hydrogens (tertiary/aromatic N) is 1. The molecule has 0 fully saturated rings. The zero-order valence-corrected chi connectivity index (χ0v) is 10.9. The number of ether oxygens (including phenoxy) is 1. The predicted molar refractivity (Wildman–Crippen MR) is 65.9 cm³/mol. The minimum absolute atomic E-state index is 0.178. The molecule has 0 radical (unpaired) electrons. The van der Waals surface area contributed by atoms with Crippen LogP contribution in [0.4, 0.5) is 0 Å². The summed E-state index contributed by atoms with van der Waals surface area (Å²) in [6.45, 7) is 9.34. The second-order valence-corrected chi connectivity index (χ2v) is 5.14. The lowest BCUT2D eigenvalue weighted by Gasteiger charge is -2.23. The summed E-state index contributed by atoms with van der Waals surface area (Å²) in [4.78, 5) is 11.1. The Morgan fingerprint density at radius 3 is 2.35 bits per heavy atom. The first-order valence-corrected chi connectivity index (χ1v) is 5.49. The van der Waals surface area contributed by atoms with Crippen molar-refractivity contribution in [2.75, 3.05) is 0 Å². The number of aryl methyl sites for hydroxylation is 1. The number of carbonyl (C=O) groups excluding carboxylic acids is 1. The van der Waals surface area contributed by atoms with E-state index in [1.54, 1.807) is 6.07 Å². The molecule has 0 spiro atoms. The van der Waals surface area contributed by atoms with Crippen LogP contribution in [0, 0.1) is 18.3 Å². The third-order valence-electron chi connectivity index (χ3n) is 2.41. The van der Waals surface area contributed by atoms with Crippen molar-refractivity contribution in [3.05, 3.63) is 28.8 Å². The van der Waals surface area contributed by atoms with Crippen LogP contribution in [0.25, 0.3) is 0 Å². The molecule has 0 heterocycles. The van der Waals surface area contributed by atoms with Crippen LogP contribution in [0.1, 0.15) is 44.4 Å². The average molecular weight is 231 g/mol. The number of benzene rings is 1. The molecule has 0 atom stereocenters. The van der Waals surface area contributed by atoms with E-state index in [4.69, 9.17) is 10.00 Å². The molecule has 0 unspecified atom stereocenters. The summed E-state index contributed by atoms with van der Waals surface area (Å²) in [6, 6.07) is 5.76. The van der Waals surface area contributed by atoms with Gasteiger partial charge in [-0.2, -0.15) is 5.26 Å². The van der Waals surface area contributed by atoms with Gasteiger partial charge in [-0.25, -0.2) is 0 Å². The van der Waals surface area contributed by atoms with E-state index >= 15 is 0 Å². The first kappa shape index (κ1) is 13.2. The Balaban J connectivity index is 3.51. The van der Waals surface area contributed by atoms with E-state index in [-0.39, 0.29) is 5.41 Å². The smallest absolute Gasteiger partial charge is 0.308 e. The van der Waals surface area contributed by atoms with Gasteiger partial charge in [-0.1, -0.05) is 26.8 Å². The quantitative estimate of drug-likeness (QED) is 0.551. The SMILES string of the molecule is CC(=O)Oc1c(C#N)cc(C)cc1C(C)(C)C. The third-order valence-corrected chi connectivity index (χ3v) is 2.41. The van der Waals surface area contributed by atoms with Crippen molar-refractivity contribution < 1.29 is 9.53 Å². The first-order chi connectivity index (χ1) is 7.75. The van der Waals surface area contributed by atoms with Gasteiger partial charge in [-0.3, -0.25) is 4.79 Å². The summed E-state index contributed by atoms with van der Waals surface area (Å²) in [6.07, 6.45) is 0. The molecule has 3 heteroatoms. The highest BCUT2D eigenvalue weighted by atomic mass is 16.5. The maximum absolute atomic E-state index is 11.1. The van der Waals surface area contributed by atoms with Crippen LogP contribution >= 0.6 is 0 Å². The van der Waals surface area contributed by atoms with Crippen molar-refractivity contribution in [1.29, 1.82) is 5.26 Å². The molecule has 0 saturated carbocycles. The Morgan fingerprint density at radius 1 is 1.35 bits per heavy atom. The van der Waals surface area contributed by atoms with E-state index in [0.29, 0.717) is 11.3 Å². The minimum Gasteiger partial charge on any atom is -0.425 e. The lowest BCUT2D eigenvalue weighted by Crippen LogP contribution is -2.16. The number of esters is 1. The van der Waals surface area contributed by atoms with E-state index in [2.05, 4.69) is 6.07 Å². The number of nitriles is 1. The molecule has 1 aromatic carbocycles. The fourth-order valence-electron chi connectivity index (χ4n) is 1.67. The first-order valence-electron chi connectivity index (χ1n) is 5.49. The predicted octanol–water partition coefficient (Wildman–Crippen LogP) is 3.09. The summed E-state index contributed by atoms with van der Waals surface area (Å²) in [7, 11) is 0. The molecule has 0 bridgehead atoms. The summed E-state index contributed by atoms with van der Waals surface area (Å²) < 4.78 is 5.19. The van der Waals surface area contributed by atoms with Gasteiger partial charge in [-0.05, 0) is 24.0 Å². The van der Waals surface area contributed by atoms with Gasteiger partial charge in [0.2, 0.25) is 0 Å². The highest BCUT2D eigenvalue weighted by Crippen LogP contribution is 2.35. The summed E-state index contributed by atoms with van der Waals surface area (Å²) in [5.41, 5.74) is 2.10. The van der Waals surface area contributed by atoms with E-state index in [0.717, 1.165) is 11.1 Å². The highest BCUT2D eigenvalue weighted by molar-refractivity contribution is 5.71. The zero-order chi connectivity index (χ0) is 13.2. The number of carbonyl (C=O) groups is 1. The van der Waals surface area contributed by atoms with Crippen molar-refractivity contribution in [2.24, 2.45) is 0 Å². The van der Waals surface area contributed by atoms with Crippen LogP contribution in [-0.2, 0) is 10.2 Å². The third kappa shape index (κ3) is 3.07. The van der Waals surface area contributed by atoms with Crippen molar-refractivity contribution in [1.82, 2.24) is 0 Å². The second-order valence-electron chi connectivity index (χ2n) is 5.14.